The minimum absolute atomic E-state index is 0. The van der Waals surface area contributed by atoms with Gasteiger partial charge in [0.25, 0.3) is 0 Å². The minimum Gasteiger partial charge on any atom is -0.406 e. The molecule has 46 heavy (non-hydrogen) atoms. The second kappa shape index (κ2) is 23.1. The molecular formula is C28H41Cl3F3N7O5. The van der Waals surface area contributed by atoms with E-state index in [-0.39, 0.29) is 101 Å². The van der Waals surface area contributed by atoms with Crippen LogP contribution in [0.1, 0.15) is 23.5 Å². The molecule has 2 unspecified atom stereocenters. The first kappa shape index (κ1) is 44.8. The van der Waals surface area contributed by atoms with Gasteiger partial charge < -0.3 is 42.8 Å². The lowest BCUT2D eigenvalue weighted by Crippen LogP contribution is -2.50. The second-order valence-electron chi connectivity index (χ2n) is 9.42. The van der Waals surface area contributed by atoms with Crippen LogP contribution < -0.4 is 37.9 Å². The lowest BCUT2D eigenvalue weighted by atomic mass is 9.94. The van der Waals surface area contributed by atoms with Crippen LogP contribution in [0.25, 0.3) is 0 Å². The fourth-order valence-corrected chi connectivity index (χ4v) is 4.15. The topological polar surface area (TPSA) is 195 Å². The average Bonchev–Trinajstić information content (AvgIpc) is 2.97. The molecule has 0 saturated heterocycles. The highest BCUT2D eigenvalue weighted by molar-refractivity contribution is 6.01. The molecule has 4 amide bonds. The highest BCUT2D eigenvalue weighted by Crippen LogP contribution is 2.23. The van der Waals surface area contributed by atoms with Crippen molar-refractivity contribution in [2.24, 2.45) is 23.1 Å². The fraction of sp³-hybridized carbons (Fsp3) is 0.429. The number of amides is 4. The predicted molar refractivity (Wildman–Crippen MR) is 174 cm³/mol. The largest absolute Gasteiger partial charge is 0.573 e. The van der Waals surface area contributed by atoms with Crippen LogP contribution in [0.3, 0.4) is 0 Å². The first-order chi connectivity index (χ1) is 20.5. The van der Waals surface area contributed by atoms with Gasteiger partial charge in [-0.05, 0) is 29.7 Å². The van der Waals surface area contributed by atoms with Crippen molar-refractivity contribution in [3.8, 4) is 5.75 Å². The Hall–Kier alpha value is -3.34. The summed E-state index contributed by atoms with van der Waals surface area (Å²) in [6.45, 7) is 0.252. The number of nitrogens with two attached hydrogens (primary N) is 3. The quantitative estimate of drug-likeness (QED) is 0.131. The summed E-state index contributed by atoms with van der Waals surface area (Å²) in [5.74, 6) is -4.36. The van der Waals surface area contributed by atoms with Crippen LogP contribution >= 0.6 is 37.2 Å². The van der Waals surface area contributed by atoms with Crippen LogP contribution in [0.15, 0.2) is 54.6 Å². The summed E-state index contributed by atoms with van der Waals surface area (Å²) in [6, 6.07) is 14.0. The van der Waals surface area contributed by atoms with Crippen LogP contribution in [-0.2, 0) is 25.7 Å². The zero-order valence-corrected chi connectivity index (χ0v) is 27.2. The van der Waals surface area contributed by atoms with E-state index in [4.69, 9.17) is 17.2 Å². The molecule has 0 radical (unpaired) electrons. The Kier molecular flexibility index (Phi) is 22.4. The molecule has 0 aliphatic heterocycles. The molecular weight excluding hydrogens is 678 g/mol. The Morgan fingerprint density at radius 3 is 1.91 bits per heavy atom. The minimum atomic E-state index is -4.80. The molecule has 9 N–H and O–H groups in total. The zero-order chi connectivity index (χ0) is 31.8. The number of rotatable bonds is 17. The lowest BCUT2D eigenvalue weighted by molar-refractivity contribution is -0.274. The number of carbonyl (C=O) groups is 4. The molecule has 260 valence electrons. The highest BCUT2D eigenvalue weighted by atomic mass is 35.5. The van der Waals surface area contributed by atoms with Gasteiger partial charge >= 0.3 is 6.36 Å². The van der Waals surface area contributed by atoms with Crippen molar-refractivity contribution in [2.45, 2.75) is 25.2 Å². The van der Waals surface area contributed by atoms with Crippen LogP contribution in [-0.4, -0.2) is 80.7 Å². The molecule has 0 aliphatic rings. The monoisotopic (exact) mass is 717 g/mol. The van der Waals surface area contributed by atoms with Gasteiger partial charge in [-0.25, -0.2) is 0 Å². The summed E-state index contributed by atoms with van der Waals surface area (Å²) in [5.41, 5.74) is 17.9. The van der Waals surface area contributed by atoms with Gasteiger partial charge in [0, 0.05) is 45.8 Å². The third-order valence-electron chi connectivity index (χ3n) is 6.28. The van der Waals surface area contributed by atoms with E-state index in [0.29, 0.717) is 11.1 Å². The average molecular weight is 719 g/mol. The Balaban J connectivity index is 0. The first-order valence-corrected chi connectivity index (χ1v) is 13.6. The number of nitrogens with one attached hydrogen (secondary N) is 3. The van der Waals surface area contributed by atoms with Gasteiger partial charge in [-0.1, -0.05) is 42.5 Å². The van der Waals surface area contributed by atoms with Crippen molar-refractivity contribution >= 4 is 60.8 Å². The number of halogens is 6. The number of hydrogen-bond donors (Lipinski definition) is 6. The highest BCUT2D eigenvalue weighted by Gasteiger charge is 2.31. The van der Waals surface area contributed by atoms with E-state index in [1.807, 2.05) is 0 Å². The van der Waals surface area contributed by atoms with Crippen molar-refractivity contribution in [2.75, 3.05) is 45.8 Å². The molecule has 0 spiro atoms. The molecule has 0 saturated carbocycles. The van der Waals surface area contributed by atoms with Crippen molar-refractivity contribution in [1.82, 2.24) is 20.9 Å². The Morgan fingerprint density at radius 1 is 0.804 bits per heavy atom. The smallest absolute Gasteiger partial charge is 0.406 e. The van der Waals surface area contributed by atoms with Crippen LogP contribution in [0.5, 0.6) is 5.75 Å². The van der Waals surface area contributed by atoms with E-state index in [2.05, 4.69) is 20.7 Å². The van der Waals surface area contributed by atoms with Gasteiger partial charge in [0.1, 0.15) is 11.7 Å². The Labute approximate surface area is 283 Å². The third kappa shape index (κ3) is 15.8. The summed E-state index contributed by atoms with van der Waals surface area (Å²) in [6.07, 6.45) is -4.59. The number of nitrogens with zero attached hydrogens (tertiary/aromatic N) is 1. The predicted octanol–water partition coefficient (Wildman–Crippen LogP) is 1.19. The molecule has 2 rings (SSSR count). The lowest BCUT2D eigenvalue weighted by Gasteiger charge is -2.25. The van der Waals surface area contributed by atoms with Crippen LogP contribution in [0, 0.1) is 5.92 Å². The molecule has 0 aromatic heterocycles. The number of benzene rings is 2. The van der Waals surface area contributed by atoms with Crippen LogP contribution in [0.4, 0.5) is 13.2 Å². The molecule has 2 aromatic rings. The maximum absolute atomic E-state index is 13.1. The Morgan fingerprint density at radius 2 is 1.39 bits per heavy atom. The van der Waals surface area contributed by atoms with E-state index >= 15 is 0 Å². The molecule has 0 heterocycles. The summed E-state index contributed by atoms with van der Waals surface area (Å²) < 4.78 is 41.0. The van der Waals surface area contributed by atoms with Crippen molar-refractivity contribution < 1.29 is 37.1 Å². The van der Waals surface area contributed by atoms with Gasteiger partial charge in [0.15, 0.2) is 0 Å². The van der Waals surface area contributed by atoms with Crippen LogP contribution in [0.2, 0.25) is 0 Å². The zero-order valence-electron chi connectivity index (χ0n) is 24.8. The maximum atomic E-state index is 13.1. The Bertz CT molecular complexity index is 1190. The van der Waals surface area contributed by atoms with Crippen molar-refractivity contribution in [3.63, 3.8) is 0 Å². The molecule has 18 heteroatoms. The maximum Gasteiger partial charge on any atom is 0.573 e. The number of hydrogen-bond acceptors (Lipinski definition) is 8. The third-order valence-corrected chi connectivity index (χ3v) is 6.28. The number of carbonyl (C=O) groups excluding carboxylic acids is 4. The number of ether oxygens (including phenoxy) is 1. The summed E-state index contributed by atoms with van der Waals surface area (Å²) in [5, 5.41) is 7.82. The molecule has 2 aromatic carbocycles. The fourth-order valence-electron chi connectivity index (χ4n) is 4.15. The molecule has 0 fully saturated rings. The first-order valence-electron chi connectivity index (χ1n) is 13.6. The van der Waals surface area contributed by atoms with Gasteiger partial charge in [-0.15, -0.1) is 50.4 Å². The molecule has 12 nitrogen and oxygen atoms in total. The van der Waals surface area contributed by atoms with Gasteiger partial charge in [-0.2, -0.15) is 0 Å². The van der Waals surface area contributed by atoms with E-state index in [9.17, 15) is 32.3 Å². The van der Waals surface area contributed by atoms with Crippen molar-refractivity contribution in [1.29, 1.82) is 0 Å². The normalized spacial score (nSPS) is 11.7. The standard InChI is InChI=1S/C28H38F3N7O5.3ClH/c29-28(30,31)43-21-8-6-19(7-9-21)17-36-25(40)22(20-4-2-1-3-5-20)10-13-35-24(39)18-37-26(41)23(16-34)27(42)38(14-11-32)15-12-33;;;/h1-9,22-23H,10-18,32-34H2,(H,35,39)(H,36,40)(H,37,41);3*1H. The summed E-state index contributed by atoms with van der Waals surface area (Å²) >= 11 is 0. The number of alkyl halides is 3. The SMILES string of the molecule is Cl.Cl.Cl.NCCN(CCN)C(=O)C(CN)C(=O)NCC(=O)NCCC(C(=O)NCc1ccc(OC(F)(F)F)cc1)c1ccccc1. The van der Waals surface area contributed by atoms with E-state index in [0.717, 1.165) is 12.1 Å². The summed E-state index contributed by atoms with van der Waals surface area (Å²) in [4.78, 5) is 52.1. The van der Waals surface area contributed by atoms with Gasteiger partial charge in [0.05, 0.1) is 12.5 Å². The molecule has 0 aliphatic carbocycles. The summed E-state index contributed by atoms with van der Waals surface area (Å²) in [7, 11) is 0. The van der Waals surface area contributed by atoms with Crippen molar-refractivity contribution in [3.05, 3.63) is 65.7 Å². The second-order valence-corrected chi connectivity index (χ2v) is 9.42. The van der Waals surface area contributed by atoms with E-state index in [1.165, 1.54) is 17.0 Å². The van der Waals surface area contributed by atoms with Gasteiger partial charge in [0.2, 0.25) is 23.6 Å². The molecule has 2 atom stereocenters. The van der Waals surface area contributed by atoms with E-state index < -0.39 is 42.5 Å². The molecule has 0 bridgehead atoms. The van der Waals surface area contributed by atoms with E-state index in [1.54, 1.807) is 30.3 Å². The van der Waals surface area contributed by atoms with Gasteiger partial charge in [-0.3, -0.25) is 19.2 Å².